The first-order valence-electron chi connectivity index (χ1n) is 9.84. The molecule has 3 rings (SSSR count). The molecule has 0 atom stereocenters. The SMILES string of the molecule is CCOC(=O)CCCNC(=O)/C=C/c1cn(-c2ccccc2)nc1-c1cccnc1. The molecule has 7 heteroatoms. The molecule has 2 heterocycles. The van der Waals surface area contributed by atoms with Gasteiger partial charge in [-0.1, -0.05) is 18.2 Å². The summed E-state index contributed by atoms with van der Waals surface area (Å²) in [7, 11) is 0. The molecule has 7 nitrogen and oxygen atoms in total. The number of nitrogens with zero attached hydrogens (tertiary/aromatic N) is 3. The van der Waals surface area contributed by atoms with Crippen molar-refractivity contribution >= 4 is 18.0 Å². The maximum Gasteiger partial charge on any atom is 0.305 e. The van der Waals surface area contributed by atoms with Gasteiger partial charge in [-0.25, -0.2) is 4.68 Å². The van der Waals surface area contributed by atoms with Crippen LogP contribution in [-0.4, -0.2) is 39.8 Å². The first kappa shape index (κ1) is 21.0. The summed E-state index contributed by atoms with van der Waals surface area (Å²) in [6.07, 6.45) is 9.34. The van der Waals surface area contributed by atoms with Gasteiger partial charge in [-0.3, -0.25) is 14.6 Å². The van der Waals surface area contributed by atoms with Gasteiger partial charge in [-0.2, -0.15) is 5.10 Å². The lowest BCUT2D eigenvalue weighted by atomic mass is 10.1. The van der Waals surface area contributed by atoms with Crippen molar-refractivity contribution in [2.45, 2.75) is 19.8 Å². The molecule has 0 bridgehead atoms. The average molecular weight is 404 g/mol. The number of nitrogens with one attached hydrogen (secondary N) is 1. The van der Waals surface area contributed by atoms with Gasteiger partial charge in [0.2, 0.25) is 5.91 Å². The highest BCUT2D eigenvalue weighted by molar-refractivity contribution is 5.92. The van der Waals surface area contributed by atoms with Crippen LogP contribution in [0.2, 0.25) is 0 Å². The molecule has 0 saturated carbocycles. The first-order chi connectivity index (χ1) is 14.7. The van der Waals surface area contributed by atoms with E-state index in [1.54, 1.807) is 30.1 Å². The van der Waals surface area contributed by atoms with E-state index in [9.17, 15) is 9.59 Å². The van der Waals surface area contributed by atoms with Crippen molar-refractivity contribution in [1.82, 2.24) is 20.1 Å². The molecule has 3 aromatic rings. The zero-order chi connectivity index (χ0) is 21.2. The van der Waals surface area contributed by atoms with Gasteiger partial charge in [0, 0.05) is 48.8 Å². The fraction of sp³-hybridized carbons (Fsp3) is 0.217. The molecule has 0 aliphatic rings. The number of esters is 1. The highest BCUT2D eigenvalue weighted by atomic mass is 16.5. The summed E-state index contributed by atoms with van der Waals surface area (Å²) in [5.74, 6) is -0.486. The number of carbonyl (C=O) groups excluding carboxylic acids is 2. The number of hydrogen-bond acceptors (Lipinski definition) is 5. The van der Waals surface area contributed by atoms with Crippen molar-refractivity contribution in [2.75, 3.05) is 13.2 Å². The minimum Gasteiger partial charge on any atom is -0.466 e. The van der Waals surface area contributed by atoms with E-state index in [4.69, 9.17) is 4.74 Å². The first-order valence-corrected chi connectivity index (χ1v) is 9.84. The predicted octanol–water partition coefficient (Wildman–Crippen LogP) is 3.41. The number of rotatable bonds is 9. The number of pyridine rings is 1. The summed E-state index contributed by atoms with van der Waals surface area (Å²) in [5, 5.41) is 7.46. The third-order valence-corrected chi connectivity index (χ3v) is 4.27. The van der Waals surface area contributed by atoms with E-state index in [-0.39, 0.29) is 18.3 Å². The third-order valence-electron chi connectivity index (χ3n) is 4.27. The summed E-state index contributed by atoms with van der Waals surface area (Å²) in [6.45, 7) is 2.54. The number of hydrogen-bond donors (Lipinski definition) is 1. The van der Waals surface area contributed by atoms with E-state index < -0.39 is 0 Å². The molecule has 1 aromatic carbocycles. The zero-order valence-corrected chi connectivity index (χ0v) is 16.8. The van der Waals surface area contributed by atoms with Gasteiger partial charge in [-0.05, 0) is 43.7 Å². The molecule has 0 aliphatic heterocycles. The Kier molecular flexibility index (Phi) is 7.49. The van der Waals surface area contributed by atoms with Crippen LogP contribution in [0.15, 0.2) is 67.1 Å². The van der Waals surface area contributed by atoms with Gasteiger partial charge in [0.15, 0.2) is 0 Å². The molecule has 0 aliphatic carbocycles. The highest BCUT2D eigenvalue weighted by Crippen LogP contribution is 2.24. The van der Waals surface area contributed by atoms with Crippen LogP contribution >= 0.6 is 0 Å². The van der Waals surface area contributed by atoms with E-state index in [1.807, 2.05) is 48.7 Å². The van der Waals surface area contributed by atoms with Crippen LogP contribution in [0.25, 0.3) is 23.0 Å². The lowest BCUT2D eigenvalue weighted by molar-refractivity contribution is -0.143. The topological polar surface area (TPSA) is 86.1 Å². The van der Waals surface area contributed by atoms with Gasteiger partial charge in [0.05, 0.1) is 12.3 Å². The summed E-state index contributed by atoms with van der Waals surface area (Å²) in [6, 6.07) is 13.5. The number of aromatic nitrogens is 3. The van der Waals surface area contributed by atoms with Gasteiger partial charge < -0.3 is 10.1 Å². The van der Waals surface area contributed by atoms with Crippen LogP contribution in [0.3, 0.4) is 0 Å². The van der Waals surface area contributed by atoms with Gasteiger partial charge in [-0.15, -0.1) is 0 Å². The lowest BCUT2D eigenvalue weighted by Crippen LogP contribution is -2.22. The third kappa shape index (κ3) is 5.88. The van der Waals surface area contributed by atoms with Crippen molar-refractivity contribution in [1.29, 1.82) is 0 Å². The second kappa shape index (κ2) is 10.7. The monoisotopic (exact) mass is 404 g/mol. The molecule has 154 valence electrons. The second-order valence-corrected chi connectivity index (χ2v) is 6.49. The Hall–Kier alpha value is -3.74. The van der Waals surface area contributed by atoms with Crippen LogP contribution in [0.4, 0.5) is 0 Å². The molecular weight excluding hydrogens is 380 g/mol. The molecule has 0 radical (unpaired) electrons. The maximum atomic E-state index is 12.2. The smallest absolute Gasteiger partial charge is 0.305 e. The number of para-hydroxylation sites is 1. The van der Waals surface area contributed by atoms with Gasteiger partial charge in [0.25, 0.3) is 0 Å². The van der Waals surface area contributed by atoms with Crippen molar-refractivity contribution in [3.63, 3.8) is 0 Å². The second-order valence-electron chi connectivity index (χ2n) is 6.49. The fourth-order valence-corrected chi connectivity index (χ4v) is 2.85. The quantitative estimate of drug-likeness (QED) is 0.336. The Morgan fingerprint density at radius 1 is 1.17 bits per heavy atom. The van der Waals surface area contributed by atoms with E-state index in [1.165, 1.54) is 6.08 Å². The van der Waals surface area contributed by atoms with Crippen LogP contribution in [-0.2, 0) is 14.3 Å². The Balaban J connectivity index is 1.70. The van der Waals surface area contributed by atoms with Crippen LogP contribution in [0, 0.1) is 0 Å². The molecule has 0 unspecified atom stereocenters. The van der Waals surface area contributed by atoms with Crippen molar-refractivity contribution < 1.29 is 14.3 Å². The Morgan fingerprint density at radius 2 is 2.00 bits per heavy atom. The summed E-state index contributed by atoms with van der Waals surface area (Å²) >= 11 is 0. The highest BCUT2D eigenvalue weighted by Gasteiger charge is 2.11. The van der Waals surface area contributed by atoms with Crippen molar-refractivity contribution in [3.05, 3.63) is 72.7 Å². The summed E-state index contributed by atoms with van der Waals surface area (Å²) < 4.78 is 6.65. The molecule has 0 saturated heterocycles. The minimum absolute atomic E-state index is 0.233. The molecule has 2 aromatic heterocycles. The fourth-order valence-electron chi connectivity index (χ4n) is 2.85. The number of benzene rings is 1. The standard InChI is InChI=1S/C23H24N4O3/c1-2-30-22(29)11-7-15-25-21(28)13-12-19-17-27(20-9-4-3-5-10-20)26-23(19)18-8-6-14-24-16-18/h3-6,8-10,12-14,16-17H,2,7,11,15H2,1H3,(H,25,28)/b13-12+. The summed E-state index contributed by atoms with van der Waals surface area (Å²) in [4.78, 5) is 27.7. The molecule has 0 fully saturated rings. The summed E-state index contributed by atoms with van der Waals surface area (Å²) in [5.41, 5.74) is 3.32. The molecule has 0 spiro atoms. The average Bonchev–Trinajstić information content (AvgIpc) is 3.21. The predicted molar refractivity (Wildman–Crippen MR) is 115 cm³/mol. The molecular formula is C23H24N4O3. The van der Waals surface area contributed by atoms with E-state index in [0.717, 1.165) is 22.5 Å². The molecule has 1 amide bonds. The Morgan fingerprint density at radius 3 is 2.73 bits per heavy atom. The van der Waals surface area contributed by atoms with Crippen LogP contribution in [0.5, 0.6) is 0 Å². The number of ether oxygens (including phenoxy) is 1. The van der Waals surface area contributed by atoms with Gasteiger partial charge >= 0.3 is 5.97 Å². The normalized spacial score (nSPS) is 10.8. The number of amides is 1. The number of carbonyl (C=O) groups is 2. The maximum absolute atomic E-state index is 12.2. The lowest BCUT2D eigenvalue weighted by Gasteiger charge is -2.02. The van der Waals surface area contributed by atoms with E-state index in [0.29, 0.717) is 19.6 Å². The Bertz CT molecular complexity index is 998. The largest absolute Gasteiger partial charge is 0.466 e. The zero-order valence-electron chi connectivity index (χ0n) is 16.8. The molecule has 1 N–H and O–H groups in total. The minimum atomic E-state index is -0.253. The van der Waals surface area contributed by atoms with Crippen molar-refractivity contribution in [2.24, 2.45) is 0 Å². The Labute approximate surface area is 175 Å². The van der Waals surface area contributed by atoms with Crippen LogP contribution in [0.1, 0.15) is 25.3 Å². The molecule has 30 heavy (non-hydrogen) atoms. The van der Waals surface area contributed by atoms with Crippen LogP contribution < -0.4 is 5.32 Å². The van der Waals surface area contributed by atoms with E-state index >= 15 is 0 Å². The van der Waals surface area contributed by atoms with Gasteiger partial charge in [0.1, 0.15) is 5.69 Å². The van der Waals surface area contributed by atoms with Crippen molar-refractivity contribution in [3.8, 4) is 16.9 Å². The van der Waals surface area contributed by atoms with E-state index in [2.05, 4.69) is 15.4 Å².